The molecule has 0 aliphatic heterocycles. The Morgan fingerprint density at radius 2 is 2.16 bits per heavy atom. The van der Waals surface area contributed by atoms with Gasteiger partial charge < -0.3 is 9.63 Å². The molecule has 0 saturated carbocycles. The van der Waals surface area contributed by atoms with Gasteiger partial charge in [0.15, 0.2) is 0 Å². The second-order valence-electron chi connectivity index (χ2n) is 4.20. The minimum Gasteiger partial charge on any atom is -0.393 e. The molecule has 2 unspecified atom stereocenters. The van der Waals surface area contributed by atoms with E-state index in [1.807, 2.05) is 13.0 Å². The van der Waals surface area contributed by atoms with Gasteiger partial charge in [0.1, 0.15) is 5.69 Å². The number of rotatable bonds is 4. The predicted molar refractivity (Wildman–Crippen MR) is 77.6 cm³/mol. The van der Waals surface area contributed by atoms with E-state index in [0.29, 0.717) is 17.4 Å². The SMILES string of the molecule is CCC(c1nc(-c2ncc(Br)cc2Br)no1)C(C)O. The zero-order valence-electron chi connectivity index (χ0n) is 10.5. The summed E-state index contributed by atoms with van der Waals surface area (Å²) >= 11 is 6.75. The monoisotopic (exact) mass is 389 g/mol. The topological polar surface area (TPSA) is 72.0 Å². The first-order valence-electron chi connectivity index (χ1n) is 5.86. The maximum atomic E-state index is 9.68. The molecule has 0 radical (unpaired) electrons. The Balaban J connectivity index is 2.35. The Hall–Kier alpha value is -0.790. The van der Waals surface area contributed by atoms with Crippen LogP contribution >= 0.6 is 31.9 Å². The van der Waals surface area contributed by atoms with E-state index >= 15 is 0 Å². The van der Waals surface area contributed by atoms with Gasteiger partial charge in [0.25, 0.3) is 0 Å². The third-order valence-electron chi connectivity index (χ3n) is 2.80. The molecular weight excluding hydrogens is 378 g/mol. The maximum Gasteiger partial charge on any atom is 0.232 e. The molecule has 0 saturated heterocycles. The van der Waals surface area contributed by atoms with E-state index in [-0.39, 0.29) is 5.92 Å². The third-order valence-corrected chi connectivity index (χ3v) is 3.84. The van der Waals surface area contributed by atoms with E-state index in [1.165, 1.54) is 0 Å². The quantitative estimate of drug-likeness (QED) is 0.864. The number of halogens is 2. The molecule has 0 fully saturated rings. The van der Waals surface area contributed by atoms with Crippen LogP contribution < -0.4 is 0 Å². The van der Waals surface area contributed by atoms with Crippen LogP contribution in [-0.2, 0) is 0 Å². The minimum absolute atomic E-state index is 0.157. The van der Waals surface area contributed by atoms with Gasteiger partial charge in [0.2, 0.25) is 11.7 Å². The van der Waals surface area contributed by atoms with Crippen molar-refractivity contribution in [3.05, 3.63) is 27.1 Å². The van der Waals surface area contributed by atoms with Gasteiger partial charge in [-0.1, -0.05) is 12.1 Å². The van der Waals surface area contributed by atoms with Crippen LogP contribution in [0.15, 0.2) is 25.7 Å². The standard InChI is InChI=1S/C12H13Br2N3O2/c1-3-8(6(2)18)12-16-11(17-19-12)10-9(14)4-7(13)5-15-10/h4-6,8,18H,3H2,1-2H3. The van der Waals surface area contributed by atoms with Crippen molar-refractivity contribution in [2.75, 3.05) is 0 Å². The zero-order chi connectivity index (χ0) is 14.0. The predicted octanol–water partition coefficient (Wildman–Crippen LogP) is 3.53. The molecule has 2 rings (SSSR count). The highest BCUT2D eigenvalue weighted by molar-refractivity contribution is 9.11. The van der Waals surface area contributed by atoms with Crippen LogP contribution in [0.2, 0.25) is 0 Å². The number of pyridine rings is 1. The molecule has 2 aromatic heterocycles. The molecule has 0 amide bonds. The summed E-state index contributed by atoms with van der Waals surface area (Å²) in [6.07, 6.45) is 1.87. The van der Waals surface area contributed by atoms with Crippen molar-refractivity contribution in [3.8, 4) is 11.5 Å². The zero-order valence-corrected chi connectivity index (χ0v) is 13.6. The van der Waals surface area contributed by atoms with Gasteiger partial charge in [-0.3, -0.25) is 4.98 Å². The van der Waals surface area contributed by atoms with Crippen molar-refractivity contribution in [2.45, 2.75) is 32.3 Å². The fraction of sp³-hybridized carbons (Fsp3) is 0.417. The summed E-state index contributed by atoms with van der Waals surface area (Å²) in [5, 5.41) is 13.6. The fourth-order valence-electron chi connectivity index (χ4n) is 1.78. The lowest BCUT2D eigenvalue weighted by Gasteiger charge is -2.12. The van der Waals surface area contributed by atoms with Crippen LogP contribution in [0.1, 0.15) is 32.1 Å². The van der Waals surface area contributed by atoms with Gasteiger partial charge >= 0.3 is 0 Å². The molecule has 7 heteroatoms. The average molecular weight is 391 g/mol. The lowest BCUT2D eigenvalue weighted by Crippen LogP contribution is -2.14. The summed E-state index contributed by atoms with van der Waals surface area (Å²) in [5.41, 5.74) is 0.610. The fourth-order valence-corrected chi connectivity index (χ4v) is 2.95. The van der Waals surface area contributed by atoms with Gasteiger partial charge in [0.05, 0.1) is 12.0 Å². The van der Waals surface area contributed by atoms with Gasteiger partial charge in [-0.2, -0.15) is 4.98 Å². The lowest BCUT2D eigenvalue weighted by atomic mass is 10.0. The van der Waals surface area contributed by atoms with Crippen molar-refractivity contribution in [1.82, 2.24) is 15.1 Å². The molecular formula is C12H13Br2N3O2. The number of hydrogen-bond donors (Lipinski definition) is 1. The molecule has 2 aromatic rings. The van der Waals surface area contributed by atoms with Crippen molar-refractivity contribution < 1.29 is 9.63 Å². The molecule has 5 nitrogen and oxygen atoms in total. The highest BCUT2D eigenvalue weighted by Crippen LogP contribution is 2.29. The second-order valence-corrected chi connectivity index (χ2v) is 5.97. The highest BCUT2D eigenvalue weighted by Gasteiger charge is 2.23. The minimum atomic E-state index is -0.528. The van der Waals surface area contributed by atoms with Crippen molar-refractivity contribution in [1.29, 1.82) is 0 Å². The molecule has 0 spiro atoms. The first kappa shape index (κ1) is 14.6. The Morgan fingerprint density at radius 1 is 1.42 bits per heavy atom. The number of hydrogen-bond acceptors (Lipinski definition) is 5. The highest BCUT2D eigenvalue weighted by atomic mass is 79.9. The summed E-state index contributed by atoms with van der Waals surface area (Å²) in [4.78, 5) is 8.57. The summed E-state index contributed by atoms with van der Waals surface area (Å²) in [7, 11) is 0. The average Bonchev–Trinajstić information content (AvgIpc) is 2.78. The van der Waals surface area contributed by atoms with E-state index < -0.39 is 6.10 Å². The first-order valence-corrected chi connectivity index (χ1v) is 7.44. The first-order chi connectivity index (χ1) is 9.02. The van der Waals surface area contributed by atoms with Gasteiger partial charge in [-0.15, -0.1) is 0 Å². The molecule has 0 bridgehead atoms. The van der Waals surface area contributed by atoms with Gasteiger partial charge in [-0.05, 0) is 51.3 Å². The lowest BCUT2D eigenvalue weighted by molar-refractivity contribution is 0.141. The van der Waals surface area contributed by atoms with Crippen LogP contribution in [0, 0.1) is 0 Å². The third kappa shape index (κ3) is 3.21. The Morgan fingerprint density at radius 3 is 2.74 bits per heavy atom. The van der Waals surface area contributed by atoms with Crippen LogP contribution in [0.25, 0.3) is 11.5 Å². The van der Waals surface area contributed by atoms with Crippen LogP contribution in [-0.4, -0.2) is 26.3 Å². The van der Waals surface area contributed by atoms with Crippen LogP contribution in [0.4, 0.5) is 0 Å². The Bertz CT molecular complexity index is 572. The van der Waals surface area contributed by atoms with E-state index in [0.717, 1.165) is 15.4 Å². The molecule has 2 heterocycles. The van der Waals surface area contributed by atoms with Crippen molar-refractivity contribution in [3.63, 3.8) is 0 Å². The van der Waals surface area contributed by atoms with Crippen molar-refractivity contribution >= 4 is 31.9 Å². The molecule has 0 aliphatic rings. The largest absolute Gasteiger partial charge is 0.393 e. The molecule has 0 aromatic carbocycles. The van der Waals surface area contributed by atoms with Crippen molar-refractivity contribution in [2.24, 2.45) is 0 Å². The normalized spacial score (nSPS) is 14.4. The molecule has 19 heavy (non-hydrogen) atoms. The Kier molecular flexibility index (Phi) is 4.70. The molecule has 0 aliphatic carbocycles. The number of nitrogens with zero attached hydrogens (tertiary/aromatic N) is 3. The van der Waals surface area contributed by atoms with Crippen LogP contribution in [0.3, 0.4) is 0 Å². The summed E-state index contributed by atoms with van der Waals surface area (Å²) in [6, 6.07) is 1.87. The summed E-state index contributed by atoms with van der Waals surface area (Å²) in [5.74, 6) is 0.688. The van der Waals surface area contributed by atoms with Gasteiger partial charge in [0, 0.05) is 15.1 Å². The van der Waals surface area contributed by atoms with E-state index in [9.17, 15) is 5.11 Å². The summed E-state index contributed by atoms with van der Waals surface area (Å²) in [6.45, 7) is 3.68. The number of aliphatic hydroxyl groups excluding tert-OH is 1. The van der Waals surface area contributed by atoms with E-state index in [1.54, 1.807) is 13.1 Å². The molecule has 1 N–H and O–H groups in total. The maximum absolute atomic E-state index is 9.68. The van der Waals surface area contributed by atoms with E-state index in [2.05, 4.69) is 47.0 Å². The smallest absolute Gasteiger partial charge is 0.232 e. The van der Waals surface area contributed by atoms with Crippen LogP contribution in [0.5, 0.6) is 0 Å². The van der Waals surface area contributed by atoms with E-state index in [4.69, 9.17) is 4.52 Å². The molecule has 102 valence electrons. The van der Waals surface area contributed by atoms with Gasteiger partial charge in [-0.25, -0.2) is 0 Å². The second kappa shape index (κ2) is 6.11. The Labute approximate surface area is 127 Å². The number of aromatic nitrogens is 3. The number of aliphatic hydroxyl groups is 1. The summed E-state index contributed by atoms with van der Waals surface area (Å²) < 4.78 is 6.87. The molecule has 2 atom stereocenters.